The molecule has 0 aliphatic rings. The van der Waals surface area contributed by atoms with Crippen molar-refractivity contribution in [3.8, 4) is 17.1 Å². The van der Waals surface area contributed by atoms with E-state index in [4.69, 9.17) is 16.3 Å². The summed E-state index contributed by atoms with van der Waals surface area (Å²) in [5, 5.41) is 3.50. The smallest absolute Gasteiger partial charge is 0.230 e. The van der Waals surface area contributed by atoms with Crippen molar-refractivity contribution in [1.29, 1.82) is 0 Å². The van der Waals surface area contributed by atoms with E-state index in [1.165, 1.54) is 6.33 Å². The molecule has 0 unspecified atom stereocenters. The fourth-order valence-corrected chi connectivity index (χ4v) is 2.04. The molecule has 0 saturated heterocycles. The van der Waals surface area contributed by atoms with Crippen LogP contribution in [0, 0.1) is 0 Å². The molecular formula is C15H12ClN5O. The third-order valence-corrected chi connectivity index (χ3v) is 3.09. The summed E-state index contributed by atoms with van der Waals surface area (Å²) in [5.74, 6) is 1.70. The highest BCUT2D eigenvalue weighted by Gasteiger charge is 2.05. The van der Waals surface area contributed by atoms with Crippen LogP contribution in [0.25, 0.3) is 11.4 Å². The Balaban J connectivity index is 1.88. The molecule has 3 rings (SSSR count). The van der Waals surface area contributed by atoms with Crippen LogP contribution in [0.3, 0.4) is 0 Å². The van der Waals surface area contributed by atoms with Gasteiger partial charge in [-0.15, -0.1) is 0 Å². The Hall–Kier alpha value is -2.73. The molecule has 7 heteroatoms. The number of rotatable bonds is 4. The van der Waals surface area contributed by atoms with E-state index in [-0.39, 0.29) is 0 Å². The number of pyridine rings is 1. The summed E-state index contributed by atoms with van der Waals surface area (Å²) in [6.07, 6.45) is 3.05. The van der Waals surface area contributed by atoms with Gasteiger partial charge in [-0.2, -0.15) is 4.98 Å². The van der Waals surface area contributed by atoms with Gasteiger partial charge in [-0.25, -0.2) is 15.0 Å². The van der Waals surface area contributed by atoms with Gasteiger partial charge in [0.1, 0.15) is 17.2 Å². The molecule has 22 heavy (non-hydrogen) atoms. The first kappa shape index (κ1) is 14.2. The molecule has 1 aromatic carbocycles. The van der Waals surface area contributed by atoms with Crippen molar-refractivity contribution in [3.05, 3.63) is 54.1 Å². The van der Waals surface area contributed by atoms with Gasteiger partial charge in [-0.1, -0.05) is 17.7 Å². The van der Waals surface area contributed by atoms with Gasteiger partial charge in [-0.05, 0) is 24.3 Å². The van der Waals surface area contributed by atoms with Gasteiger partial charge in [0, 0.05) is 23.5 Å². The molecule has 0 atom stereocenters. The lowest BCUT2D eigenvalue weighted by atomic mass is 10.2. The van der Waals surface area contributed by atoms with Crippen molar-refractivity contribution < 1.29 is 4.74 Å². The minimum Gasteiger partial charge on any atom is -0.497 e. The highest BCUT2D eigenvalue weighted by molar-refractivity contribution is 6.29. The van der Waals surface area contributed by atoms with Crippen LogP contribution in [0.5, 0.6) is 5.75 Å². The van der Waals surface area contributed by atoms with Crippen LogP contribution in [-0.2, 0) is 0 Å². The van der Waals surface area contributed by atoms with Gasteiger partial charge >= 0.3 is 0 Å². The van der Waals surface area contributed by atoms with E-state index in [1.807, 2.05) is 24.3 Å². The lowest BCUT2D eigenvalue weighted by Gasteiger charge is -2.07. The van der Waals surface area contributed by atoms with Crippen molar-refractivity contribution in [2.45, 2.75) is 0 Å². The Kier molecular flexibility index (Phi) is 4.11. The monoisotopic (exact) mass is 313 g/mol. The van der Waals surface area contributed by atoms with E-state index in [2.05, 4.69) is 25.3 Å². The van der Waals surface area contributed by atoms with Crippen LogP contribution in [0.15, 0.2) is 48.9 Å². The number of ether oxygens (including phenoxy) is 1. The first-order valence-corrected chi connectivity index (χ1v) is 6.84. The number of anilines is 2. The molecule has 0 radical (unpaired) electrons. The first-order valence-electron chi connectivity index (χ1n) is 6.46. The second kappa shape index (κ2) is 6.36. The first-order chi connectivity index (χ1) is 10.7. The molecule has 0 spiro atoms. The molecule has 2 heterocycles. The Morgan fingerprint density at radius 2 is 2.00 bits per heavy atom. The zero-order chi connectivity index (χ0) is 15.4. The molecule has 0 amide bonds. The summed E-state index contributed by atoms with van der Waals surface area (Å²) in [4.78, 5) is 16.6. The maximum atomic E-state index is 5.89. The summed E-state index contributed by atoms with van der Waals surface area (Å²) in [6.45, 7) is 0. The lowest BCUT2D eigenvalue weighted by Crippen LogP contribution is -2.00. The molecule has 110 valence electrons. The average molecular weight is 314 g/mol. The number of hydrogen-bond donors (Lipinski definition) is 1. The van der Waals surface area contributed by atoms with Crippen molar-refractivity contribution in [1.82, 2.24) is 19.9 Å². The number of methoxy groups -OCH3 is 1. The van der Waals surface area contributed by atoms with E-state index in [1.54, 1.807) is 25.4 Å². The maximum Gasteiger partial charge on any atom is 0.230 e. The number of aromatic nitrogens is 4. The molecular weight excluding hydrogens is 302 g/mol. The van der Waals surface area contributed by atoms with Gasteiger partial charge in [0.15, 0.2) is 5.82 Å². The molecule has 3 aromatic rings. The molecule has 6 nitrogen and oxygen atoms in total. The molecule has 2 aromatic heterocycles. The van der Waals surface area contributed by atoms with E-state index in [0.29, 0.717) is 16.9 Å². The normalized spacial score (nSPS) is 10.3. The largest absolute Gasteiger partial charge is 0.497 e. The van der Waals surface area contributed by atoms with Crippen molar-refractivity contribution in [2.75, 3.05) is 12.4 Å². The zero-order valence-corrected chi connectivity index (χ0v) is 12.4. The fourth-order valence-electron chi connectivity index (χ4n) is 1.87. The van der Waals surface area contributed by atoms with Crippen LogP contribution in [-0.4, -0.2) is 27.0 Å². The van der Waals surface area contributed by atoms with Crippen LogP contribution < -0.4 is 10.1 Å². The van der Waals surface area contributed by atoms with E-state index < -0.39 is 0 Å². The van der Waals surface area contributed by atoms with E-state index in [0.717, 1.165) is 17.0 Å². The molecule has 0 aliphatic heterocycles. The number of hydrogen-bond acceptors (Lipinski definition) is 6. The minimum atomic E-state index is 0.389. The Morgan fingerprint density at radius 3 is 2.82 bits per heavy atom. The zero-order valence-electron chi connectivity index (χ0n) is 11.7. The molecule has 0 fully saturated rings. The van der Waals surface area contributed by atoms with Gasteiger partial charge in [0.05, 0.1) is 7.11 Å². The Bertz CT molecular complexity index is 796. The average Bonchev–Trinajstić information content (AvgIpc) is 2.55. The molecule has 1 N–H and O–H groups in total. The highest BCUT2D eigenvalue weighted by Crippen LogP contribution is 2.21. The standard InChI is InChI=1S/C15H12ClN5O/c1-22-12-4-2-3-11(8-12)20-15-19-9-18-14(21-15)10-5-6-17-13(16)7-10/h2-9H,1H3,(H,18,19,20,21). The van der Waals surface area contributed by atoms with Crippen LogP contribution in [0.2, 0.25) is 5.15 Å². The summed E-state index contributed by atoms with van der Waals surface area (Å²) in [7, 11) is 1.62. The summed E-state index contributed by atoms with van der Waals surface area (Å²) < 4.78 is 5.18. The highest BCUT2D eigenvalue weighted by atomic mass is 35.5. The van der Waals surface area contributed by atoms with Crippen LogP contribution >= 0.6 is 11.6 Å². The van der Waals surface area contributed by atoms with Gasteiger partial charge in [0.25, 0.3) is 0 Å². The van der Waals surface area contributed by atoms with Gasteiger partial charge in [-0.3, -0.25) is 0 Å². The SMILES string of the molecule is COc1cccc(Nc2ncnc(-c3ccnc(Cl)c3)n2)c1. The topological polar surface area (TPSA) is 72.8 Å². The van der Waals surface area contributed by atoms with Crippen molar-refractivity contribution in [2.24, 2.45) is 0 Å². The van der Waals surface area contributed by atoms with E-state index >= 15 is 0 Å². The summed E-state index contributed by atoms with van der Waals surface area (Å²) >= 11 is 5.89. The van der Waals surface area contributed by atoms with Gasteiger partial charge < -0.3 is 10.1 Å². The van der Waals surface area contributed by atoms with E-state index in [9.17, 15) is 0 Å². The molecule has 0 saturated carbocycles. The number of nitrogens with one attached hydrogen (secondary N) is 1. The van der Waals surface area contributed by atoms with Crippen LogP contribution in [0.4, 0.5) is 11.6 Å². The Morgan fingerprint density at radius 1 is 1.09 bits per heavy atom. The fraction of sp³-hybridized carbons (Fsp3) is 0.0667. The third kappa shape index (κ3) is 3.29. The predicted molar refractivity (Wildman–Crippen MR) is 84.3 cm³/mol. The third-order valence-electron chi connectivity index (χ3n) is 2.88. The summed E-state index contributed by atoms with van der Waals surface area (Å²) in [5.41, 5.74) is 1.60. The molecule has 0 aliphatic carbocycles. The summed E-state index contributed by atoms with van der Waals surface area (Å²) in [6, 6.07) is 11.0. The minimum absolute atomic E-state index is 0.389. The molecule has 0 bridgehead atoms. The maximum absolute atomic E-state index is 5.89. The quantitative estimate of drug-likeness (QED) is 0.745. The van der Waals surface area contributed by atoms with Crippen molar-refractivity contribution >= 4 is 23.2 Å². The number of benzene rings is 1. The van der Waals surface area contributed by atoms with Gasteiger partial charge in [0.2, 0.25) is 5.95 Å². The number of nitrogens with zero attached hydrogens (tertiary/aromatic N) is 4. The lowest BCUT2D eigenvalue weighted by molar-refractivity contribution is 0.415. The predicted octanol–water partition coefficient (Wildman–Crippen LogP) is 3.34. The second-order valence-electron chi connectivity index (χ2n) is 4.36. The van der Waals surface area contributed by atoms with Crippen LogP contribution in [0.1, 0.15) is 0 Å². The second-order valence-corrected chi connectivity index (χ2v) is 4.74. The van der Waals surface area contributed by atoms with Crippen molar-refractivity contribution in [3.63, 3.8) is 0 Å². The number of halogens is 1. The Labute approximate surface area is 132 Å².